The summed E-state index contributed by atoms with van der Waals surface area (Å²) in [6.45, 7) is 2.72. The average Bonchev–Trinajstić information content (AvgIpc) is 3.33. The van der Waals surface area contributed by atoms with Crippen molar-refractivity contribution in [2.75, 3.05) is 46.6 Å². The number of ketones is 2. The van der Waals surface area contributed by atoms with Gasteiger partial charge < -0.3 is 46.1 Å². The van der Waals surface area contributed by atoms with Crippen molar-refractivity contribution in [3.05, 3.63) is 22.5 Å². The fourth-order valence-electron chi connectivity index (χ4n) is 4.77. The van der Waals surface area contributed by atoms with Crippen LogP contribution in [0.5, 0.6) is 0 Å². The third kappa shape index (κ3) is 3.70. The Hall–Kier alpha value is -2.51. The lowest BCUT2D eigenvalue weighted by Crippen LogP contribution is -2.54. The molecule has 3 aliphatic heterocycles. The molecule has 0 radical (unpaired) electrons. The number of piperazine rings is 1. The first-order chi connectivity index (χ1) is 14.8. The Morgan fingerprint density at radius 3 is 2.58 bits per heavy atom. The number of Topliss-reactive ketones (excluding diaryl/α,β-unsaturated/α-hetero) is 2. The molecule has 2 saturated heterocycles. The summed E-state index contributed by atoms with van der Waals surface area (Å²) < 4.78 is 11.0. The van der Waals surface area contributed by atoms with Gasteiger partial charge in [0.2, 0.25) is 11.6 Å². The van der Waals surface area contributed by atoms with E-state index in [1.165, 1.54) is 0 Å². The molecule has 0 aromatic rings. The second kappa shape index (κ2) is 8.93. The number of carbonyl (C=O) groups is 3. The predicted octanol–water partition coefficient (Wildman–Crippen LogP) is -2.49. The van der Waals surface area contributed by atoms with E-state index in [-0.39, 0.29) is 49.2 Å². The van der Waals surface area contributed by atoms with Crippen LogP contribution in [0, 0.1) is 5.92 Å². The number of aliphatic hydroxyl groups is 2. The van der Waals surface area contributed by atoms with Crippen molar-refractivity contribution in [2.24, 2.45) is 11.7 Å². The number of nitrogens with one attached hydrogen (secondary N) is 2. The Bertz CT molecular complexity index is 837. The molecule has 0 saturated carbocycles. The van der Waals surface area contributed by atoms with Crippen molar-refractivity contribution in [3.63, 3.8) is 0 Å². The van der Waals surface area contributed by atoms with Crippen LogP contribution in [-0.4, -0.2) is 102 Å². The summed E-state index contributed by atoms with van der Waals surface area (Å²) >= 11 is 0. The van der Waals surface area contributed by atoms with E-state index in [2.05, 4.69) is 16.4 Å². The van der Waals surface area contributed by atoms with Gasteiger partial charge in [-0.05, 0) is 6.92 Å². The number of hydrogen-bond acceptors (Lipinski definition) is 10. The predicted molar refractivity (Wildman–Crippen MR) is 106 cm³/mol. The molecular weight excluding hydrogens is 412 g/mol. The molecule has 4 unspecified atom stereocenters. The molecule has 3 heterocycles. The van der Waals surface area contributed by atoms with Crippen LogP contribution in [0.1, 0.15) is 6.92 Å². The number of nitrogens with two attached hydrogens (primary N) is 1. The first-order valence-corrected chi connectivity index (χ1v) is 9.91. The number of primary amides is 1. The largest absolute Gasteiger partial charge is 0.465 e. The number of ether oxygens (including phenoxy) is 2. The zero-order chi connectivity index (χ0) is 22.9. The number of nitrogens with zero attached hydrogens (tertiary/aromatic N) is 1. The number of hydrogen-bond donors (Lipinski definition) is 6. The second-order valence-electron chi connectivity index (χ2n) is 7.57. The quantitative estimate of drug-likeness (QED) is 0.133. The molecule has 12 nitrogen and oxygen atoms in total. The average molecular weight is 440 g/mol. The van der Waals surface area contributed by atoms with Gasteiger partial charge in [0.15, 0.2) is 5.72 Å². The van der Waals surface area contributed by atoms with Gasteiger partial charge in [0.05, 0.1) is 49.8 Å². The van der Waals surface area contributed by atoms with E-state index in [0.29, 0.717) is 36.5 Å². The van der Waals surface area contributed by atoms with Crippen LogP contribution >= 0.6 is 0 Å². The number of allylic oxidation sites excluding steroid dienone is 2. The van der Waals surface area contributed by atoms with Gasteiger partial charge in [0.25, 0.3) is 0 Å². The fraction of sp³-hybridized carbons (Fsp3) is 0.632. The Labute approximate surface area is 178 Å². The maximum absolute atomic E-state index is 13.2. The molecule has 4 aliphatic rings. The van der Waals surface area contributed by atoms with E-state index in [1.54, 1.807) is 14.0 Å². The number of methoxy groups -OCH3 is 1. The van der Waals surface area contributed by atoms with Gasteiger partial charge in [-0.25, -0.2) is 4.79 Å². The molecule has 0 aromatic carbocycles. The van der Waals surface area contributed by atoms with Crippen LogP contribution in [0.25, 0.3) is 0 Å². The van der Waals surface area contributed by atoms with Crippen LogP contribution in [0.4, 0.5) is 4.79 Å². The molecule has 31 heavy (non-hydrogen) atoms. The van der Waals surface area contributed by atoms with E-state index in [0.717, 1.165) is 0 Å². The molecule has 4 rings (SSSR count). The molecule has 12 heteroatoms. The van der Waals surface area contributed by atoms with Crippen LogP contribution in [0.15, 0.2) is 22.5 Å². The SMILES string of the molecule is COC12C(CO)C3=C(C(=O)C(C)=C(NCCOCCO)C3=O)N1CC1NC12.NC(=O)O. The summed E-state index contributed by atoms with van der Waals surface area (Å²) in [5.74, 6) is -1.07. The molecule has 1 aliphatic carbocycles. The zero-order valence-electron chi connectivity index (χ0n) is 17.4. The number of amides is 1. The highest BCUT2D eigenvalue weighted by Crippen LogP contribution is 2.55. The molecule has 0 spiro atoms. The van der Waals surface area contributed by atoms with Gasteiger partial charge in [-0.3, -0.25) is 9.59 Å². The van der Waals surface area contributed by atoms with E-state index in [9.17, 15) is 14.7 Å². The maximum Gasteiger partial charge on any atom is 0.402 e. The van der Waals surface area contributed by atoms with Gasteiger partial charge in [-0.1, -0.05) is 0 Å². The van der Waals surface area contributed by atoms with Crippen LogP contribution in [0.2, 0.25) is 0 Å². The van der Waals surface area contributed by atoms with Gasteiger partial charge in [0.1, 0.15) is 0 Å². The Morgan fingerprint density at radius 1 is 1.32 bits per heavy atom. The molecule has 0 aromatic heterocycles. The summed E-state index contributed by atoms with van der Waals surface area (Å²) in [5, 5.41) is 32.3. The highest BCUT2D eigenvalue weighted by atomic mass is 16.5. The minimum absolute atomic E-state index is 0.00514. The van der Waals surface area contributed by atoms with Gasteiger partial charge in [-0.2, -0.15) is 0 Å². The van der Waals surface area contributed by atoms with E-state index >= 15 is 0 Å². The van der Waals surface area contributed by atoms with Gasteiger partial charge >= 0.3 is 6.09 Å². The second-order valence-corrected chi connectivity index (χ2v) is 7.57. The molecular formula is C19H28N4O8. The van der Waals surface area contributed by atoms with Crippen molar-refractivity contribution in [1.29, 1.82) is 0 Å². The summed E-state index contributed by atoms with van der Waals surface area (Å²) in [6, 6.07) is 0.206. The monoisotopic (exact) mass is 440 g/mol. The number of rotatable bonds is 8. The summed E-state index contributed by atoms with van der Waals surface area (Å²) in [4.78, 5) is 37.0. The maximum atomic E-state index is 13.2. The van der Waals surface area contributed by atoms with E-state index in [1.807, 2.05) is 4.90 Å². The lowest BCUT2D eigenvalue weighted by molar-refractivity contribution is -0.137. The zero-order valence-corrected chi connectivity index (χ0v) is 17.4. The van der Waals surface area contributed by atoms with Crippen molar-refractivity contribution in [3.8, 4) is 0 Å². The lowest BCUT2D eigenvalue weighted by atomic mass is 9.82. The minimum atomic E-state index is -1.33. The Kier molecular flexibility index (Phi) is 6.67. The highest BCUT2D eigenvalue weighted by Gasteiger charge is 2.72. The number of carboxylic acid groups (broad SMARTS) is 1. The third-order valence-electron chi connectivity index (χ3n) is 6.00. The van der Waals surface area contributed by atoms with Gasteiger partial charge in [0, 0.05) is 37.4 Å². The van der Waals surface area contributed by atoms with E-state index < -0.39 is 17.7 Å². The molecule has 2 fully saturated rings. The number of carbonyl (C=O) groups excluding carboxylic acids is 2. The first-order valence-electron chi connectivity index (χ1n) is 9.91. The molecule has 1 amide bonds. The summed E-state index contributed by atoms with van der Waals surface area (Å²) in [6.07, 6.45) is -1.33. The van der Waals surface area contributed by atoms with Crippen molar-refractivity contribution in [1.82, 2.24) is 15.5 Å². The van der Waals surface area contributed by atoms with Crippen molar-refractivity contribution in [2.45, 2.75) is 24.7 Å². The Balaban J connectivity index is 0.000000628. The minimum Gasteiger partial charge on any atom is -0.465 e. The lowest BCUT2D eigenvalue weighted by Gasteiger charge is -2.39. The molecule has 0 bridgehead atoms. The van der Waals surface area contributed by atoms with Crippen LogP contribution in [0.3, 0.4) is 0 Å². The Morgan fingerprint density at radius 2 is 2.00 bits per heavy atom. The smallest absolute Gasteiger partial charge is 0.402 e. The molecule has 4 atom stereocenters. The topological polar surface area (TPSA) is 194 Å². The standard InChI is InChI=1S/C18H25N3O6.CH3NO2/c1-9-13(19-3-5-27-6-4-22)16(25)12-10(8-23)18(26-2)17-11(20-17)7-21(18)14(12)15(9)24;2-1(3)4/h10-11,17,19-20,22-23H,3-8H2,1-2H3;2H2,(H,3,4). The highest BCUT2D eigenvalue weighted by molar-refractivity contribution is 6.25. The number of aliphatic hydroxyl groups excluding tert-OH is 2. The van der Waals surface area contributed by atoms with Crippen molar-refractivity contribution < 1.29 is 39.2 Å². The fourth-order valence-corrected chi connectivity index (χ4v) is 4.77. The third-order valence-corrected chi connectivity index (χ3v) is 6.00. The van der Waals surface area contributed by atoms with Gasteiger partial charge in [-0.15, -0.1) is 0 Å². The number of fused-ring (bicyclic) bond motifs is 4. The molecule has 172 valence electrons. The summed E-state index contributed by atoms with van der Waals surface area (Å²) in [7, 11) is 1.56. The summed E-state index contributed by atoms with van der Waals surface area (Å²) in [5.41, 5.74) is 4.45. The van der Waals surface area contributed by atoms with E-state index in [4.69, 9.17) is 24.5 Å². The van der Waals surface area contributed by atoms with Crippen LogP contribution < -0.4 is 16.4 Å². The van der Waals surface area contributed by atoms with Crippen LogP contribution in [-0.2, 0) is 19.1 Å². The normalized spacial score (nSPS) is 30.6. The van der Waals surface area contributed by atoms with Crippen molar-refractivity contribution >= 4 is 17.7 Å². The first kappa shape index (κ1) is 23.2. The molecule has 7 N–H and O–H groups in total.